The van der Waals surface area contributed by atoms with Gasteiger partial charge in [0.05, 0.1) is 18.4 Å². The summed E-state index contributed by atoms with van der Waals surface area (Å²) in [5, 5.41) is 10.1. The lowest BCUT2D eigenvalue weighted by Gasteiger charge is -2.25. The summed E-state index contributed by atoms with van der Waals surface area (Å²) in [5.74, 6) is 1.04. The van der Waals surface area contributed by atoms with Crippen molar-refractivity contribution in [3.05, 3.63) is 41.3 Å². The molecule has 2 aromatic heterocycles. The Bertz CT molecular complexity index is 578. The Morgan fingerprint density at radius 3 is 2.90 bits per heavy atom. The SMILES string of the molecule is FC(F)c1cccc(NCc2[nH]ncc2C2CCC2)n1. The molecule has 0 spiro atoms. The minimum atomic E-state index is -2.55. The number of aromatic nitrogens is 3. The van der Waals surface area contributed by atoms with Crippen LogP contribution < -0.4 is 5.32 Å². The molecule has 2 heterocycles. The predicted molar refractivity (Wildman–Crippen MR) is 71.7 cm³/mol. The molecular weight excluding hydrogens is 262 g/mol. The molecular formula is C14H16F2N4. The molecule has 0 saturated heterocycles. The van der Waals surface area contributed by atoms with Gasteiger partial charge in [-0.3, -0.25) is 5.10 Å². The Hall–Kier alpha value is -1.98. The number of alkyl halides is 2. The first-order valence-electron chi connectivity index (χ1n) is 6.75. The van der Waals surface area contributed by atoms with Gasteiger partial charge in [0.25, 0.3) is 6.43 Å². The Balaban J connectivity index is 1.67. The molecule has 0 radical (unpaired) electrons. The zero-order valence-corrected chi connectivity index (χ0v) is 10.9. The molecule has 1 aliphatic carbocycles. The van der Waals surface area contributed by atoms with Gasteiger partial charge in [0.2, 0.25) is 0 Å². The van der Waals surface area contributed by atoms with Gasteiger partial charge in [0.15, 0.2) is 0 Å². The van der Waals surface area contributed by atoms with Crippen LogP contribution in [0.15, 0.2) is 24.4 Å². The van der Waals surface area contributed by atoms with Crippen molar-refractivity contribution in [2.24, 2.45) is 0 Å². The largest absolute Gasteiger partial charge is 0.364 e. The maximum atomic E-state index is 12.6. The molecule has 2 N–H and O–H groups in total. The normalized spacial score (nSPS) is 15.3. The molecule has 2 aromatic rings. The van der Waals surface area contributed by atoms with Crippen molar-refractivity contribution < 1.29 is 8.78 Å². The van der Waals surface area contributed by atoms with E-state index in [-0.39, 0.29) is 5.69 Å². The predicted octanol–water partition coefficient (Wildman–Crippen LogP) is 3.62. The van der Waals surface area contributed by atoms with E-state index in [1.54, 1.807) is 12.1 Å². The molecule has 1 fully saturated rings. The summed E-state index contributed by atoms with van der Waals surface area (Å²) in [6.45, 7) is 0.519. The topological polar surface area (TPSA) is 53.6 Å². The Morgan fingerprint density at radius 1 is 1.35 bits per heavy atom. The first-order valence-corrected chi connectivity index (χ1v) is 6.75. The van der Waals surface area contributed by atoms with Crippen LogP contribution in [0.4, 0.5) is 14.6 Å². The quantitative estimate of drug-likeness (QED) is 0.878. The van der Waals surface area contributed by atoms with Crippen LogP contribution in [0.3, 0.4) is 0 Å². The highest BCUT2D eigenvalue weighted by Crippen LogP contribution is 2.37. The van der Waals surface area contributed by atoms with Gasteiger partial charge in [0.1, 0.15) is 11.5 Å². The van der Waals surface area contributed by atoms with Crippen LogP contribution in [0, 0.1) is 0 Å². The van der Waals surface area contributed by atoms with Crippen molar-refractivity contribution in [1.29, 1.82) is 0 Å². The highest BCUT2D eigenvalue weighted by atomic mass is 19.3. The van der Waals surface area contributed by atoms with Crippen LogP contribution in [-0.4, -0.2) is 15.2 Å². The molecule has 20 heavy (non-hydrogen) atoms. The molecule has 0 aliphatic heterocycles. The lowest BCUT2D eigenvalue weighted by atomic mass is 9.80. The van der Waals surface area contributed by atoms with Gasteiger partial charge >= 0.3 is 0 Å². The van der Waals surface area contributed by atoms with Gasteiger partial charge in [-0.2, -0.15) is 5.10 Å². The summed E-state index contributed by atoms with van der Waals surface area (Å²) in [4.78, 5) is 3.88. The van der Waals surface area contributed by atoms with Gasteiger partial charge in [-0.25, -0.2) is 13.8 Å². The zero-order valence-electron chi connectivity index (χ0n) is 10.9. The molecule has 106 valence electrons. The zero-order chi connectivity index (χ0) is 13.9. The van der Waals surface area contributed by atoms with E-state index in [0.29, 0.717) is 18.3 Å². The number of nitrogens with zero attached hydrogens (tertiary/aromatic N) is 2. The van der Waals surface area contributed by atoms with Crippen molar-refractivity contribution in [2.45, 2.75) is 38.2 Å². The average molecular weight is 278 g/mol. The third-order valence-electron chi connectivity index (χ3n) is 3.74. The van der Waals surface area contributed by atoms with Crippen LogP contribution in [0.2, 0.25) is 0 Å². The third kappa shape index (κ3) is 2.64. The maximum Gasteiger partial charge on any atom is 0.280 e. The fourth-order valence-corrected chi connectivity index (χ4v) is 2.39. The lowest BCUT2D eigenvalue weighted by molar-refractivity contribution is 0.146. The van der Waals surface area contributed by atoms with E-state index < -0.39 is 6.43 Å². The number of rotatable bonds is 5. The van der Waals surface area contributed by atoms with Crippen LogP contribution in [0.5, 0.6) is 0 Å². The summed E-state index contributed by atoms with van der Waals surface area (Å²) in [6, 6.07) is 4.59. The Morgan fingerprint density at radius 2 is 2.20 bits per heavy atom. The molecule has 0 atom stereocenters. The number of nitrogens with one attached hydrogen (secondary N) is 2. The second kappa shape index (κ2) is 5.56. The first kappa shape index (κ1) is 13.0. The highest BCUT2D eigenvalue weighted by Gasteiger charge is 2.23. The van der Waals surface area contributed by atoms with Gasteiger partial charge in [-0.1, -0.05) is 12.5 Å². The van der Waals surface area contributed by atoms with E-state index >= 15 is 0 Å². The Labute approximate surface area is 115 Å². The molecule has 0 aromatic carbocycles. The van der Waals surface area contributed by atoms with Crippen molar-refractivity contribution in [3.8, 4) is 0 Å². The first-order chi connectivity index (χ1) is 9.74. The summed E-state index contributed by atoms with van der Waals surface area (Å²) >= 11 is 0. The highest BCUT2D eigenvalue weighted by molar-refractivity contribution is 5.37. The van der Waals surface area contributed by atoms with Crippen LogP contribution in [-0.2, 0) is 6.54 Å². The number of halogens is 2. The fourth-order valence-electron chi connectivity index (χ4n) is 2.39. The molecule has 6 heteroatoms. The van der Waals surface area contributed by atoms with E-state index in [1.807, 2.05) is 6.20 Å². The average Bonchev–Trinajstić information content (AvgIpc) is 2.83. The van der Waals surface area contributed by atoms with E-state index in [0.717, 1.165) is 5.69 Å². The lowest BCUT2D eigenvalue weighted by Crippen LogP contribution is -2.12. The van der Waals surface area contributed by atoms with Crippen molar-refractivity contribution in [1.82, 2.24) is 15.2 Å². The van der Waals surface area contributed by atoms with E-state index in [1.165, 1.54) is 30.9 Å². The summed E-state index contributed by atoms with van der Waals surface area (Å²) in [7, 11) is 0. The van der Waals surface area contributed by atoms with Gasteiger partial charge in [-0.15, -0.1) is 0 Å². The number of anilines is 1. The van der Waals surface area contributed by atoms with Crippen LogP contribution in [0.1, 0.15) is 48.6 Å². The second-order valence-corrected chi connectivity index (χ2v) is 5.03. The number of pyridine rings is 1. The maximum absolute atomic E-state index is 12.6. The number of aromatic amines is 1. The fraction of sp³-hybridized carbons (Fsp3) is 0.429. The van der Waals surface area contributed by atoms with Crippen molar-refractivity contribution >= 4 is 5.82 Å². The standard InChI is InChI=1S/C14H16F2N4/c15-14(16)11-5-2-6-13(19-11)17-8-12-10(7-18-20-12)9-3-1-4-9/h2,5-7,9,14H,1,3-4,8H2,(H,17,19)(H,18,20). The molecule has 0 unspecified atom stereocenters. The number of hydrogen-bond donors (Lipinski definition) is 2. The van der Waals surface area contributed by atoms with Crippen molar-refractivity contribution in [3.63, 3.8) is 0 Å². The third-order valence-corrected chi connectivity index (χ3v) is 3.74. The molecule has 0 amide bonds. The Kier molecular flexibility index (Phi) is 3.62. The minimum Gasteiger partial charge on any atom is -0.364 e. The summed E-state index contributed by atoms with van der Waals surface area (Å²) < 4.78 is 25.2. The van der Waals surface area contributed by atoms with Crippen LogP contribution >= 0.6 is 0 Å². The smallest absolute Gasteiger partial charge is 0.280 e. The molecule has 3 rings (SSSR count). The molecule has 0 bridgehead atoms. The van der Waals surface area contributed by atoms with Crippen LogP contribution in [0.25, 0.3) is 0 Å². The van der Waals surface area contributed by atoms with E-state index in [9.17, 15) is 8.78 Å². The van der Waals surface area contributed by atoms with E-state index in [2.05, 4.69) is 20.5 Å². The number of hydrogen-bond acceptors (Lipinski definition) is 3. The van der Waals surface area contributed by atoms with Gasteiger partial charge in [0, 0.05) is 0 Å². The van der Waals surface area contributed by atoms with E-state index in [4.69, 9.17) is 0 Å². The summed E-state index contributed by atoms with van der Waals surface area (Å²) in [6.07, 6.45) is 2.98. The number of H-pyrrole nitrogens is 1. The molecule has 1 aliphatic rings. The minimum absolute atomic E-state index is 0.209. The van der Waals surface area contributed by atoms with Gasteiger partial charge < -0.3 is 5.32 Å². The van der Waals surface area contributed by atoms with Gasteiger partial charge in [-0.05, 0) is 36.5 Å². The summed E-state index contributed by atoms with van der Waals surface area (Å²) in [5.41, 5.74) is 2.03. The molecule has 1 saturated carbocycles. The van der Waals surface area contributed by atoms with Crippen molar-refractivity contribution in [2.75, 3.05) is 5.32 Å². The molecule has 4 nitrogen and oxygen atoms in total. The monoisotopic (exact) mass is 278 g/mol. The second-order valence-electron chi connectivity index (χ2n) is 5.03.